The van der Waals surface area contributed by atoms with Gasteiger partial charge in [-0.05, 0) is 18.8 Å². The first-order valence-corrected chi connectivity index (χ1v) is 7.27. The molecule has 0 radical (unpaired) electrons. The fourth-order valence-electron chi connectivity index (χ4n) is 2.45. The van der Waals surface area contributed by atoms with E-state index in [9.17, 15) is 0 Å². The number of ether oxygens (including phenoxy) is 1. The van der Waals surface area contributed by atoms with Crippen molar-refractivity contribution in [1.82, 2.24) is 10.2 Å². The van der Waals surface area contributed by atoms with Crippen LogP contribution in [0.3, 0.4) is 0 Å². The van der Waals surface area contributed by atoms with E-state index in [0.29, 0.717) is 12.7 Å². The predicted octanol–water partition coefficient (Wildman–Crippen LogP) is 3.07. The molecule has 1 aromatic rings. The van der Waals surface area contributed by atoms with Crippen LogP contribution < -0.4 is 5.32 Å². The maximum Gasteiger partial charge on any atom is 0.205 e. The van der Waals surface area contributed by atoms with E-state index < -0.39 is 0 Å². The topological polar surface area (TPSA) is 47.0 Å². The average molecular weight is 255 g/mol. The summed E-state index contributed by atoms with van der Waals surface area (Å²) in [7, 11) is 1.86. The molecule has 2 atom stereocenters. The van der Waals surface area contributed by atoms with Crippen molar-refractivity contribution in [3.8, 4) is 0 Å². The van der Waals surface area contributed by atoms with Crippen LogP contribution in [0, 0.1) is 5.92 Å². The molecule has 0 aliphatic heterocycles. The molecule has 0 aromatic carbocycles. The number of hydrogen-bond donors (Lipinski definition) is 1. The van der Waals surface area contributed by atoms with Gasteiger partial charge in [-0.25, -0.2) is 0 Å². The molecule has 4 nitrogen and oxygen atoms in total. The summed E-state index contributed by atoms with van der Waals surface area (Å²) in [6.07, 6.45) is 6.84. The second-order valence-corrected chi connectivity index (χ2v) is 5.62. The molecule has 1 heterocycles. The standard InChI is InChI=1S/C12H21N3OS/c1-3-9-6-4-5-7-10(9)16-8-11-14-15-12(13-2)17-11/h9-10H,3-8H2,1-2H3,(H,13,15). The molecule has 2 rings (SSSR count). The SMILES string of the molecule is CCC1CCCCC1OCc1nnc(NC)s1. The molecule has 0 bridgehead atoms. The minimum Gasteiger partial charge on any atom is -0.371 e. The largest absolute Gasteiger partial charge is 0.371 e. The first kappa shape index (κ1) is 12.8. The van der Waals surface area contributed by atoms with Gasteiger partial charge in [-0.3, -0.25) is 0 Å². The summed E-state index contributed by atoms with van der Waals surface area (Å²) in [5.41, 5.74) is 0. The van der Waals surface area contributed by atoms with Crippen molar-refractivity contribution in [1.29, 1.82) is 0 Å². The minimum atomic E-state index is 0.427. The average Bonchev–Trinajstić information content (AvgIpc) is 2.84. The summed E-state index contributed by atoms with van der Waals surface area (Å²) in [5.74, 6) is 0.737. The molecular formula is C12H21N3OS. The Morgan fingerprint density at radius 1 is 1.35 bits per heavy atom. The highest BCUT2D eigenvalue weighted by atomic mass is 32.1. The minimum absolute atomic E-state index is 0.427. The summed E-state index contributed by atoms with van der Waals surface area (Å²) in [6, 6.07) is 0. The number of hydrogen-bond acceptors (Lipinski definition) is 5. The first-order valence-electron chi connectivity index (χ1n) is 6.45. The Morgan fingerprint density at radius 3 is 2.88 bits per heavy atom. The van der Waals surface area contributed by atoms with Crippen molar-refractivity contribution in [2.75, 3.05) is 12.4 Å². The van der Waals surface area contributed by atoms with E-state index in [1.165, 1.54) is 32.1 Å². The Kier molecular flexibility index (Phi) is 4.74. The quantitative estimate of drug-likeness (QED) is 0.878. The smallest absolute Gasteiger partial charge is 0.205 e. The van der Waals surface area contributed by atoms with E-state index in [-0.39, 0.29) is 0 Å². The van der Waals surface area contributed by atoms with Gasteiger partial charge in [0, 0.05) is 7.05 Å². The van der Waals surface area contributed by atoms with Crippen molar-refractivity contribution < 1.29 is 4.74 Å². The molecular weight excluding hydrogens is 234 g/mol. The second-order valence-electron chi connectivity index (χ2n) is 4.55. The van der Waals surface area contributed by atoms with Gasteiger partial charge in [0.05, 0.1) is 6.10 Å². The van der Waals surface area contributed by atoms with E-state index in [4.69, 9.17) is 4.74 Å². The number of anilines is 1. The Balaban J connectivity index is 1.83. The van der Waals surface area contributed by atoms with Gasteiger partial charge in [-0.1, -0.05) is 37.5 Å². The van der Waals surface area contributed by atoms with Crippen LogP contribution in [0.4, 0.5) is 5.13 Å². The molecule has 17 heavy (non-hydrogen) atoms. The van der Waals surface area contributed by atoms with Crippen molar-refractivity contribution in [3.63, 3.8) is 0 Å². The van der Waals surface area contributed by atoms with Crippen molar-refractivity contribution in [2.45, 2.75) is 51.7 Å². The van der Waals surface area contributed by atoms with Crippen LogP contribution in [0.2, 0.25) is 0 Å². The molecule has 96 valence electrons. The van der Waals surface area contributed by atoms with Crippen LogP contribution in [0.15, 0.2) is 0 Å². The van der Waals surface area contributed by atoms with Gasteiger partial charge in [-0.2, -0.15) is 0 Å². The zero-order chi connectivity index (χ0) is 12.1. The van der Waals surface area contributed by atoms with Gasteiger partial charge in [0.2, 0.25) is 5.13 Å². The van der Waals surface area contributed by atoms with Crippen LogP contribution >= 0.6 is 11.3 Å². The highest BCUT2D eigenvalue weighted by Crippen LogP contribution is 2.30. The van der Waals surface area contributed by atoms with Crippen molar-refractivity contribution in [3.05, 3.63) is 5.01 Å². The normalized spacial score (nSPS) is 24.8. The van der Waals surface area contributed by atoms with Gasteiger partial charge in [0.15, 0.2) is 0 Å². The molecule has 5 heteroatoms. The Morgan fingerprint density at radius 2 is 2.18 bits per heavy atom. The van der Waals surface area contributed by atoms with Gasteiger partial charge in [-0.15, -0.1) is 10.2 Å². The molecule has 0 amide bonds. The molecule has 1 aromatic heterocycles. The van der Waals surface area contributed by atoms with Crippen LogP contribution in [-0.4, -0.2) is 23.3 Å². The van der Waals surface area contributed by atoms with E-state index in [1.807, 2.05) is 7.05 Å². The van der Waals surface area contributed by atoms with Crippen LogP contribution in [0.25, 0.3) is 0 Å². The summed E-state index contributed by atoms with van der Waals surface area (Å²) in [4.78, 5) is 0. The molecule has 2 unspecified atom stereocenters. The lowest BCUT2D eigenvalue weighted by Gasteiger charge is -2.30. The van der Waals surface area contributed by atoms with Crippen molar-refractivity contribution >= 4 is 16.5 Å². The van der Waals surface area contributed by atoms with Gasteiger partial charge < -0.3 is 10.1 Å². The lowest BCUT2D eigenvalue weighted by molar-refractivity contribution is -0.0224. The fraction of sp³-hybridized carbons (Fsp3) is 0.833. The zero-order valence-corrected chi connectivity index (χ0v) is 11.4. The summed E-state index contributed by atoms with van der Waals surface area (Å²) in [5, 5.41) is 12.9. The number of rotatable bonds is 5. The molecule has 1 saturated carbocycles. The van der Waals surface area contributed by atoms with E-state index in [0.717, 1.165) is 16.1 Å². The summed E-state index contributed by atoms with van der Waals surface area (Å²) < 4.78 is 6.01. The van der Waals surface area contributed by atoms with Crippen LogP contribution in [0.1, 0.15) is 44.0 Å². The Labute approximate surface area is 107 Å². The number of nitrogens with one attached hydrogen (secondary N) is 1. The lowest BCUT2D eigenvalue weighted by atomic mass is 9.85. The van der Waals surface area contributed by atoms with Gasteiger partial charge in [0.25, 0.3) is 0 Å². The number of aromatic nitrogens is 2. The maximum absolute atomic E-state index is 6.01. The number of nitrogens with zero attached hydrogens (tertiary/aromatic N) is 2. The molecule has 1 fully saturated rings. The van der Waals surface area contributed by atoms with Gasteiger partial charge >= 0.3 is 0 Å². The summed E-state index contributed by atoms with van der Waals surface area (Å²) >= 11 is 1.57. The second kappa shape index (κ2) is 6.31. The lowest BCUT2D eigenvalue weighted by Crippen LogP contribution is -2.27. The molecule has 1 aliphatic rings. The van der Waals surface area contributed by atoms with Crippen LogP contribution in [-0.2, 0) is 11.3 Å². The Bertz CT molecular complexity index is 342. The monoisotopic (exact) mass is 255 g/mol. The molecule has 0 saturated heterocycles. The highest BCUT2D eigenvalue weighted by Gasteiger charge is 2.24. The Hall–Kier alpha value is -0.680. The van der Waals surface area contributed by atoms with E-state index in [1.54, 1.807) is 11.3 Å². The van der Waals surface area contributed by atoms with E-state index >= 15 is 0 Å². The highest BCUT2D eigenvalue weighted by molar-refractivity contribution is 7.15. The predicted molar refractivity (Wildman–Crippen MR) is 70.3 cm³/mol. The third kappa shape index (κ3) is 3.39. The van der Waals surface area contributed by atoms with Crippen LogP contribution in [0.5, 0.6) is 0 Å². The first-order chi connectivity index (χ1) is 8.33. The van der Waals surface area contributed by atoms with Crippen molar-refractivity contribution in [2.24, 2.45) is 5.92 Å². The van der Waals surface area contributed by atoms with E-state index in [2.05, 4.69) is 22.4 Å². The third-order valence-corrected chi connectivity index (χ3v) is 4.38. The third-order valence-electron chi connectivity index (χ3n) is 3.47. The maximum atomic E-state index is 6.01. The fourth-order valence-corrected chi connectivity index (χ4v) is 3.07. The zero-order valence-electron chi connectivity index (χ0n) is 10.6. The molecule has 0 spiro atoms. The summed E-state index contributed by atoms with van der Waals surface area (Å²) in [6.45, 7) is 2.87. The molecule has 1 aliphatic carbocycles. The van der Waals surface area contributed by atoms with Gasteiger partial charge in [0.1, 0.15) is 11.6 Å². The molecule has 1 N–H and O–H groups in total.